The van der Waals surface area contributed by atoms with Crippen LogP contribution in [-0.2, 0) is 12.1 Å². The lowest BCUT2D eigenvalue weighted by atomic mass is 9.95. The third kappa shape index (κ3) is 1.65. The van der Waals surface area contributed by atoms with Crippen LogP contribution in [0.4, 0.5) is 0 Å². The SMILES string of the molecule is CCn1c(=O)oc2ccc(C(C)(C)N)cc21. The largest absolute Gasteiger partial charge is 0.419 e. The van der Waals surface area contributed by atoms with Gasteiger partial charge in [0, 0.05) is 12.1 Å². The first kappa shape index (κ1) is 11.0. The Labute approximate surface area is 93.7 Å². The predicted octanol–water partition coefficient (Wildman–Crippen LogP) is 1.81. The predicted molar refractivity (Wildman–Crippen MR) is 63.4 cm³/mol. The molecule has 0 aliphatic rings. The topological polar surface area (TPSA) is 61.2 Å². The zero-order valence-corrected chi connectivity index (χ0v) is 9.78. The van der Waals surface area contributed by atoms with E-state index >= 15 is 0 Å². The van der Waals surface area contributed by atoms with E-state index in [1.54, 1.807) is 10.6 Å². The Kier molecular flexibility index (Phi) is 2.39. The van der Waals surface area contributed by atoms with E-state index in [-0.39, 0.29) is 5.76 Å². The normalized spacial score (nSPS) is 12.2. The number of aryl methyl sites for hydroxylation is 1. The lowest BCUT2D eigenvalue weighted by molar-refractivity contribution is 0.513. The smallest absolute Gasteiger partial charge is 0.408 e. The minimum Gasteiger partial charge on any atom is -0.408 e. The van der Waals surface area contributed by atoms with E-state index < -0.39 is 5.54 Å². The molecule has 4 heteroatoms. The molecule has 0 bridgehead atoms. The van der Waals surface area contributed by atoms with Gasteiger partial charge in [-0.25, -0.2) is 4.79 Å². The number of rotatable bonds is 2. The summed E-state index contributed by atoms with van der Waals surface area (Å²) in [5.74, 6) is -0.315. The molecule has 0 spiro atoms. The molecule has 0 unspecified atom stereocenters. The molecule has 4 nitrogen and oxygen atoms in total. The summed E-state index contributed by atoms with van der Waals surface area (Å²) < 4.78 is 6.73. The van der Waals surface area contributed by atoms with Crippen LogP contribution < -0.4 is 11.5 Å². The highest BCUT2D eigenvalue weighted by Gasteiger charge is 2.16. The Morgan fingerprint density at radius 1 is 1.44 bits per heavy atom. The van der Waals surface area contributed by atoms with Gasteiger partial charge in [-0.3, -0.25) is 4.57 Å². The van der Waals surface area contributed by atoms with Gasteiger partial charge in [-0.2, -0.15) is 0 Å². The van der Waals surface area contributed by atoms with Crippen molar-refractivity contribution in [2.45, 2.75) is 32.9 Å². The Morgan fingerprint density at radius 2 is 2.12 bits per heavy atom. The molecule has 0 radical (unpaired) electrons. The van der Waals surface area contributed by atoms with Crippen LogP contribution in [0, 0.1) is 0 Å². The van der Waals surface area contributed by atoms with Crippen LogP contribution in [0.25, 0.3) is 11.1 Å². The van der Waals surface area contributed by atoms with Crippen molar-refractivity contribution in [1.29, 1.82) is 0 Å². The Morgan fingerprint density at radius 3 is 2.69 bits per heavy atom. The first-order chi connectivity index (χ1) is 7.43. The van der Waals surface area contributed by atoms with Crippen molar-refractivity contribution in [3.63, 3.8) is 0 Å². The number of aromatic nitrogens is 1. The summed E-state index contributed by atoms with van der Waals surface area (Å²) in [7, 11) is 0. The average molecular weight is 220 g/mol. The number of oxazole rings is 1. The first-order valence-electron chi connectivity index (χ1n) is 5.36. The molecule has 0 saturated carbocycles. The number of hydrogen-bond acceptors (Lipinski definition) is 3. The van der Waals surface area contributed by atoms with Crippen LogP contribution in [0.15, 0.2) is 27.4 Å². The van der Waals surface area contributed by atoms with Crippen molar-refractivity contribution in [3.05, 3.63) is 34.3 Å². The first-order valence-corrected chi connectivity index (χ1v) is 5.36. The van der Waals surface area contributed by atoms with Crippen molar-refractivity contribution in [3.8, 4) is 0 Å². The van der Waals surface area contributed by atoms with Crippen LogP contribution in [-0.4, -0.2) is 4.57 Å². The number of benzene rings is 1. The van der Waals surface area contributed by atoms with E-state index in [2.05, 4.69) is 0 Å². The molecule has 0 saturated heterocycles. The second kappa shape index (κ2) is 3.49. The monoisotopic (exact) mass is 220 g/mol. The molecule has 2 aromatic rings. The second-order valence-corrected chi connectivity index (χ2v) is 4.52. The van der Waals surface area contributed by atoms with E-state index in [4.69, 9.17) is 10.2 Å². The fourth-order valence-corrected chi connectivity index (χ4v) is 1.76. The van der Waals surface area contributed by atoms with Crippen LogP contribution in [0.2, 0.25) is 0 Å². The van der Waals surface area contributed by atoms with E-state index in [1.807, 2.05) is 32.9 Å². The molecule has 0 amide bonds. The molecule has 0 fully saturated rings. The highest BCUT2D eigenvalue weighted by atomic mass is 16.4. The summed E-state index contributed by atoms with van der Waals surface area (Å²) in [6, 6.07) is 5.61. The summed E-state index contributed by atoms with van der Waals surface area (Å²) in [4.78, 5) is 11.5. The quantitative estimate of drug-likeness (QED) is 0.839. The summed E-state index contributed by atoms with van der Waals surface area (Å²) in [6.07, 6.45) is 0. The fraction of sp³-hybridized carbons (Fsp3) is 0.417. The van der Waals surface area contributed by atoms with E-state index in [0.717, 1.165) is 11.1 Å². The molecule has 1 aromatic carbocycles. The highest BCUT2D eigenvalue weighted by molar-refractivity contribution is 5.74. The molecule has 1 aromatic heterocycles. The van der Waals surface area contributed by atoms with Crippen LogP contribution >= 0.6 is 0 Å². The number of hydrogen-bond donors (Lipinski definition) is 1. The fourth-order valence-electron chi connectivity index (χ4n) is 1.76. The van der Waals surface area contributed by atoms with Gasteiger partial charge in [-0.15, -0.1) is 0 Å². The second-order valence-electron chi connectivity index (χ2n) is 4.52. The molecule has 2 rings (SSSR count). The maximum Gasteiger partial charge on any atom is 0.419 e. The average Bonchev–Trinajstić information content (AvgIpc) is 2.50. The van der Waals surface area contributed by atoms with E-state index in [1.165, 1.54) is 0 Å². The summed E-state index contributed by atoms with van der Waals surface area (Å²) in [6.45, 7) is 6.38. The summed E-state index contributed by atoms with van der Waals surface area (Å²) in [5, 5.41) is 0. The molecular weight excluding hydrogens is 204 g/mol. The van der Waals surface area contributed by atoms with Crippen LogP contribution in [0.3, 0.4) is 0 Å². The van der Waals surface area contributed by atoms with E-state index in [9.17, 15) is 4.79 Å². The minimum absolute atomic E-state index is 0.315. The Hall–Kier alpha value is -1.55. The van der Waals surface area contributed by atoms with Crippen molar-refractivity contribution in [1.82, 2.24) is 4.57 Å². The van der Waals surface area contributed by atoms with Gasteiger partial charge in [0.05, 0.1) is 5.52 Å². The standard InChI is InChI=1S/C12H16N2O2/c1-4-14-9-7-8(12(2,3)13)5-6-10(9)16-11(14)15/h5-7H,4,13H2,1-3H3. The molecule has 2 N–H and O–H groups in total. The molecular formula is C12H16N2O2. The van der Waals surface area contributed by atoms with Crippen molar-refractivity contribution >= 4 is 11.1 Å². The van der Waals surface area contributed by atoms with Crippen molar-refractivity contribution in [2.24, 2.45) is 5.73 Å². The molecule has 0 atom stereocenters. The van der Waals surface area contributed by atoms with Gasteiger partial charge < -0.3 is 10.2 Å². The highest BCUT2D eigenvalue weighted by Crippen LogP contribution is 2.22. The molecule has 0 aliphatic carbocycles. The summed E-state index contributed by atoms with van der Waals surface area (Å²) in [5.41, 5.74) is 8.02. The molecule has 1 heterocycles. The Balaban J connectivity index is 2.74. The number of fused-ring (bicyclic) bond motifs is 1. The Bertz CT molecular complexity index is 573. The van der Waals surface area contributed by atoms with Crippen molar-refractivity contribution < 1.29 is 4.42 Å². The van der Waals surface area contributed by atoms with Gasteiger partial charge in [0.15, 0.2) is 5.58 Å². The van der Waals surface area contributed by atoms with Gasteiger partial charge in [-0.05, 0) is 38.5 Å². The van der Waals surface area contributed by atoms with Gasteiger partial charge in [0.25, 0.3) is 0 Å². The maximum absolute atomic E-state index is 11.5. The van der Waals surface area contributed by atoms with Gasteiger partial charge in [0.2, 0.25) is 0 Å². The third-order valence-electron chi connectivity index (χ3n) is 2.73. The molecule has 0 aliphatic heterocycles. The van der Waals surface area contributed by atoms with Gasteiger partial charge in [0.1, 0.15) is 0 Å². The van der Waals surface area contributed by atoms with Gasteiger partial charge in [-0.1, -0.05) is 6.07 Å². The third-order valence-corrected chi connectivity index (χ3v) is 2.73. The maximum atomic E-state index is 11.5. The lowest BCUT2D eigenvalue weighted by Gasteiger charge is -2.18. The molecule has 16 heavy (non-hydrogen) atoms. The summed E-state index contributed by atoms with van der Waals surface area (Å²) >= 11 is 0. The minimum atomic E-state index is -0.417. The number of nitrogens with zero attached hydrogens (tertiary/aromatic N) is 1. The van der Waals surface area contributed by atoms with Crippen molar-refractivity contribution in [2.75, 3.05) is 0 Å². The zero-order chi connectivity index (χ0) is 11.9. The van der Waals surface area contributed by atoms with Crippen LogP contribution in [0.5, 0.6) is 0 Å². The molecule has 86 valence electrons. The van der Waals surface area contributed by atoms with Gasteiger partial charge >= 0.3 is 5.76 Å². The van der Waals surface area contributed by atoms with Crippen LogP contribution in [0.1, 0.15) is 26.3 Å². The van der Waals surface area contributed by atoms with E-state index in [0.29, 0.717) is 12.1 Å². The number of nitrogens with two attached hydrogens (primary N) is 1. The zero-order valence-electron chi connectivity index (χ0n) is 9.78. The lowest BCUT2D eigenvalue weighted by Crippen LogP contribution is -2.28.